The third kappa shape index (κ3) is 2.88. The van der Waals surface area contributed by atoms with Gasteiger partial charge in [-0.25, -0.2) is 0 Å². The van der Waals surface area contributed by atoms with Crippen molar-refractivity contribution in [3.63, 3.8) is 0 Å². The van der Waals surface area contributed by atoms with Crippen LogP contribution in [0.2, 0.25) is 0 Å². The minimum Gasteiger partial charge on any atom is -0.355 e. The Hall–Kier alpha value is 0.150. The molecule has 0 radical (unpaired) electrons. The number of hydrogen-bond donors (Lipinski definition) is 2. The Balaban J connectivity index is 0.00000128. The summed E-state index contributed by atoms with van der Waals surface area (Å²) in [6.07, 6.45) is 5.17. The van der Waals surface area contributed by atoms with E-state index in [1.165, 1.54) is 6.42 Å². The molecule has 2 unspecified atom stereocenters. The van der Waals surface area contributed by atoms with Gasteiger partial charge in [0.15, 0.2) is 5.96 Å². The monoisotopic (exact) mass is 357 g/mol. The summed E-state index contributed by atoms with van der Waals surface area (Å²) in [5.74, 6) is 0.874. The molecule has 1 aliphatic heterocycles. The Kier molecular flexibility index (Phi) is 5.03. The Morgan fingerprint density at radius 3 is 2.69 bits per heavy atom. The van der Waals surface area contributed by atoms with Crippen molar-refractivity contribution in [3.05, 3.63) is 0 Å². The van der Waals surface area contributed by atoms with Crippen molar-refractivity contribution in [2.24, 2.45) is 4.99 Å². The SMILES string of the molecule is CC1CN=C(NCC2(S(C)=O)CCC2)N1.I. The minimum atomic E-state index is -0.736. The van der Waals surface area contributed by atoms with Crippen molar-refractivity contribution in [2.45, 2.75) is 37.0 Å². The lowest BCUT2D eigenvalue weighted by atomic mass is 9.84. The molecule has 1 saturated carbocycles. The molecule has 2 atom stereocenters. The number of halogens is 1. The van der Waals surface area contributed by atoms with Gasteiger partial charge in [0.05, 0.1) is 11.3 Å². The Labute approximate surface area is 117 Å². The van der Waals surface area contributed by atoms with Gasteiger partial charge in [-0.05, 0) is 19.8 Å². The molecule has 0 bridgehead atoms. The van der Waals surface area contributed by atoms with E-state index in [-0.39, 0.29) is 28.7 Å². The van der Waals surface area contributed by atoms with Crippen LogP contribution in [0.5, 0.6) is 0 Å². The average molecular weight is 357 g/mol. The molecule has 0 saturated heterocycles. The summed E-state index contributed by atoms with van der Waals surface area (Å²) in [6, 6.07) is 0.428. The smallest absolute Gasteiger partial charge is 0.191 e. The van der Waals surface area contributed by atoms with E-state index in [2.05, 4.69) is 22.5 Å². The van der Waals surface area contributed by atoms with Gasteiger partial charge in [-0.1, -0.05) is 6.42 Å². The lowest BCUT2D eigenvalue weighted by Gasteiger charge is -2.40. The summed E-state index contributed by atoms with van der Waals surface area (Å²) in [7, 11) is -0.736. The first-order valence-corrected chi connectivity index (χ1v) is 7.07. The lowest BCUT2D eigenvalue weighted by Crippen LogP contribution is -2.52. The fourth-order valence-electron chi connectivity index (χ4n) is 2.04. The van der Waals surface area contributed by atoms with Crippen LogP contribution in [-0.4, -0.2) is 40.3 Å². The van der Waals surface area contributed by atoms with E-state index in [9.17, 15) is 4.21 Å². The maximum Gasteiger partial charge on any atom is 0.191 e. The second kappa shape index (κ2) is 5.66. The van der Waals surface area contributed by atoms with Gasteiger partial charge in [-0.15, -0.1) is 24.0 Å². The van der Waals surface area contributed by atoms with E-state index in [0.29, 0.717) is 6.04 Å². The largest absolute Gasteiger partial charge is 0.355 e. The molecular formula is C10H20IN3OS. The van der Waals surface area contributed by atoms with Crippen LogP contribution < -0.4 is 10.6 Å². The molecule has 2 rings (SSSR count). The van der Waals surface area contributed by atoms with Gasteiger partial charge in [0.2, 0.25) is 0 Å². The topological polar surface area (TPSA) is 53.5 Å². The number of hydrogen-bond acceptors (Lipinski definition) is 4. The van der Waals surface area contributed by atoms with E-state index < -0.39 is 10.8 Å². The highest BCUT2D eigenvalue weighted by molar-refractivity contribution is 14.0. The third-order valence-electron chi connectivity index (χ3n) is 3.36. The highest BCUT2D eigenvalue weighted by atomic mass is 127. The standard InChI is InChI=1S/C10H19N3OS.HI/c1-8-6-11-9(13-8)12-7-10(15(2)14)4-3-5-10;/h8H,3-7H2,1-2H3,(H2,11,12,13);1H. The predicted octanol–water partition coefficient (Wildman–Crippen LogP) is 0.843. The van der Waals surface area contributed by atoms with E-state index in [4.69, 9.17) is 0 Å². The van der Waals surface area contributed by atoms with Crippen LogP contribution >= 0.6 is 24.0 Å². The summed E-state index contributed by atoms with van der Waals surface area (Å²) in [4.78, 5) is 4.33. The van der Waals surface area contributed by atoms with Crippen LogP contribution in [0, 0.1) is 0 Å². The van der Waals surface area contributed by atoms with Crippen LogP contribution in [0.3, 0.4) is 0 Å². The highest BCUT2D eigenvalue weighted by Gasteiger charge is 2.41. The van der Waals surface area contributed by atoms with Gasteiger partial charge >= 0.3 is 0 Å². The van der Waals surface area contributed by atoms with Crippen molar-refractivity contribution in [1.29, 1.82) is 0 Å². The van der Waals surface area contributed by atoms with Gasteiger partial charge in [0.1, 0.15) is 0 Å². The Morgan fingerprint density at radius 2 is 2.31 bits per heavy atom. The van der Waals surface area contributed by atoms with E-state index in [1.54, 1.807) is 0 Å². The number of guanidine groups is 1. The van der Waals surface area contributed by atoms with Gasteiger partial charge < -0.3 is 10.6 Å². The summed E-state index contributed by atoms with van der Waals surface area (Å²) in [5.41, 5.74) is 0. The average Bonchev–Trinajstić information content (AvgIpc) is 2.49. The fraction of sp³-hybridized carbons (Fsp3) is 0.900. The first-order valence-electron chi connectivity index (χ1n) is 5.51. The number of rotatable bonds is 3. The summed E-state index contributed by atoms with van der Waals surface area (Å²) >= 11 is 0. The molecule has 16 heavy (non-hydrogen) atoms. The summed E-state index contributed by atoms with van der Waals surface area (Å²) in [5, 5.41) is 6.54. The number of nitrogens with zero attached hydrogens (tertiary/aromatic N) is 1. The van der Waals surface area contributed by atoms with Crippen LogP contribution in [0.1, 0.15) is 26.2 Å². The molecule has 2 aliphatic rings. The van der Waals surface area contributed by atoms with Crippen LogP contribution in [0.15, 0.2) is 4.99 Å². The minimum absolute atomic E-state index is 0. The van der Waals surface area contributed by atoms with Crippen LogP contribution in [0.25, 0.3) is 0 Å². The molecule has 0 spiro atoms. The zero-order valence-corrected chi connectivity index (χ0v) is 12.9. The molecule has 2 N–H and O–H groups in total. The molecule has 6 heteroatoms. The molecule has 0 amide bonds. The molecule has 94 valence electrons. The van der Waals surface area contributed by atoms with Crippen LogP contribution in [-0.2, 0) is 10.8 Å². The Morgan fingerprint density at radius 1 is 1.62 bits per heavy atom. The predicted molar refractivity (Wildman–Crippen MR) is 79.0 cm³/mol. The quantitative estimate of drug-likeness (QED) is 0.737. The molecule has 0 aromatic carbocycles. The van der Waals surface area contributed by atoms with E-state index in [1.807, 2.05) is 6.26 Å². The molecule has 4 nitrogen and oxygen atoms in total. The Bertz CT molecular complexity index is 304. The normalized spacial score (nSPS) is 28.1. The zero-order valence-electron chi connectivity index (χ0n) is 9.78. The van der Waals surface area contributed by atoms with Crippen molar-refractivity contribution in [1.82, 2.24) is 10.6 Å². The molecule has 0 aromatic rings. The molecule has 0 aromatic heterocycles. The molecular weight excluding hydrogens is 337 g/mol. The summed E-state index contributed by atoms with van der Waals surface area (Å²) in [6.45, 7) is 3.73. The van der Waals surface area contributed by atoms with Crippen molar-refractivity contribution in [3.8, 4) is 0 Å². The van der Waals surface area contributed by atoms with Crippen molar-refractivity contribution < 1.29 is 4.21 Å². The number of nitrogens with one attached hydrogen (secondary N) is 2. The summed E-state index contributed by atoms with van der Waals surface area (Å²) < 4.78 is 11.6. The lowest BCUT2D eigenvalue weighted by molar-refractivity contribution is 0.349. The number of aliphatic imine (C=N–C) groups is 1. The molecule has 1 fully saturated rings. The van der Waals surface area contributed by atoms with E-state index >= 15 is 0 Å². The zero-order chi connectivity index (χ0) is 10.9. The first-order chi connectivity index (χ1) is 7.12. The van der Waals surface area contributed by atoms with Crippen molar-refractivity contribution in [2.75, 3.05) is 19.3 Å². The van der Waals surface area contributed by atoms with Gasteiger partial charge in [0.25, 0.3) is 0 Å². The molecule has 1 aliphatic carbocycles. The maximum atomic E-state index is 11.6. The second-order valence-electron chi connectivity index (χ2n) is 4.58. The van der Waals surface area contributed by atoms with Gasteiger partial charge in [0, 0.05) is 29.6 Å². The fourth-order valence-corrected chi connectivity index (χ4v) is 3.18. The highest BCUT2D eigenvalue weighted by Crippen LogP contribution is 2.36. The second-order valence-corrected chi connectivity index (χ2v) is 6.35. The van der Waals surface area contributed by atoms with Gasteiger partial charge in [-0.3, -0.25) is 9.20 Å². The van der Waals surface area contributed by atoms with Gasteiger partial charge in [-0.2, -0.15) is 0 Å². The van der Waals surface area contributed by atoms with E-state index in [0.717, 1.165) is 31.9 Å². The maximum absolute atomic E-state index is 11.6. The molecule has 1 heterocycles. The van der Waals surface area contributed by atoms with Crippen molar-refractivity contribution >= 4 is 40.7 Å². The first kappa shape index (κ1) is 14.2. The third-order valence-corrected chi connectivity index (χ3v) is 5.13. The van der Waals surface area contributed by atoms with Crippen LogP contribution in [0.4, 0.5) is 0 Å².